The van der Waals surface area contributed by atoms with Gasteiger partial charge in [-0.25, -0.2) is 0 Å². The number of hydroxylamine groups is 1. The number of amides is 2. The third-order valence-corrected chi connectivity index (χ3v) is 0.226. The minimum absolute atomic E-state index is 0. The van der Waals surface area contributed by atoms with Crippen molar-refractivity contribution in [2.45, 2.75) is 0 Å². The SMILES string of the molecule is NC(=O)N[O-].O=NO.O=[N+]([O-])O.O=[N+]([O-])O.[NH-]CC[NH-].[OH-].[Pt+4]. The van der Waals surface area contributed by atoms with Crippen molar-refractivity contribution in [2.24, 2.45) is 11.1 Å². The molecule has 0 aliphatic rings. The van der Waals surface area contributed by atoms with Crippen LogP contribution in [-0.2, 0) is 21.1 Å². The fraction of sp³-hybridized carbons (Fsp3) is 0.667. The molecule has 0 aliphatic heterocycles. The van der Waals surface area contributed by atoms with E-state index in [1.165, 1.54) is 5.34 Å². The second-order valence-electron chi connectivity index (χ2n) is 1.52. The fourth-order valence-electron chi connectivity index (χ4n) is 0. The Hall–Kier alpha value is -2.40. The molecular formula is C3H13N7O11Pt. The van der Waals surface area contributed by atoms with Gasteiger partial charge < -0.3 is 49.0 Å². The molecular weight excluding hydrogens is 505 g/mol. The maximum absolute atomic E-state index is 9.17. The molecule has 19 heteroatoms. The number of urea groups is 1. The Bertz CT molecular complexity index is 220. The van der Waals surface area contributed by atoms with E-state index in [0.717, 1.165) is 5.48 Å². The molecule has 0 unspecified atom stereocenters. The summed E-state index contributed by atoms with van der Waals surface area (Å²) >= 11 is 0. The van der Waals surface area contributed by atoms with Crippen LogP contribution in [-0.4, -0.2) is 50.4 Å². The van der Waals surface area contributed by atoms with Crippen molar-refractivity contribution >= 4 is 6.03 Å². The molecule has 9 N–H and O–H groups in total. The third-order valence-electron chi connectivity index (χ3n) is 0.226. The van der Waals surface area contributed by atoms with Gasteiger partial charge in [0, 0.05) is 0 Å². The molecule has 0 fully saturated rings. The number of nitrogens with zero attached hydrogens (tertiary/aromatic N) is 3. The van der Waals surface area contributed by atoms with Crippen molar-refractivity contribution in [3.05, 3.63) is 41.8 Å². The van der Waals surface area contributed by atoms with Crippen LogP contribution in [0.2, 0.25) is 0 Å². The minimum atomic E-state index is -1.50. The molecule has 0 aromatic carbocycles. The molecule has 2 amide bonds. The normalized spacial score (nSPS) is 5.59. The zero-order valence-corrected chi connectivity index (χ0v) is 12.6. The first kappa shape index (κ1) is 42.7. The average molecular weight is 518 g/mol. The van der Waals surface area contributed by atoms with E-state index in [1.807, 2.05) is 0 Å². The van der Waals surface area contributed by atoms with Gasteiger partial charge in [-0.15, -0.1) is 25.1 Å². The number of nitrogens with two attached hydrogens (primary N) is 1. The van der Waals surface area contributed by atoms with E-state index in [0.29, 0.717) is 0 Å². The number of hydrogen-bond acceptors (Lipinski definition) is 9. The Morgan fingerprint density at radius 3 is 1.27 bits per heavy atom. The van der Waals surface area contributed by atoms with Gasteiger partial charge in [0.2, 0.25) is 0 Å². The predicted octanol–water partition coefficient (Wildman–Crippen LogP) is -0.489. The largest absolute Gasteiger partial charge is 4.00 e. The Labute approximate surface area is 135 Å². The second-order valence-corrected chi connectivity index (χ2v) is 1.52. The van der Waals surface area contributed by atoms with Crippen LogP contribution in [0.3, 0.4) is 0 Å². The maximum atomic E-state index is 9.17. The summed E-state index contributed by atoms with van der Waals surface area (Å²) in [7, 11) is 0. The Balaban J connectivity index is -0.0000000252. The van der Waals surface area contributed by atoms with Crippen LogP contribution in [0.15, 0.2) is 5.34 Å². The standard InChI is InChI=1S/C2H6N2.CH3N2O2.2HNO3.HNO2.H2O.Pt/c3-1-2-4;2-1(4)3-5;2*2-1(3)4;2-1-3;;/h3-4H,1-2H2;(H3-,2,3,4,5);2*(H,2,3,4);(H,2,3);1H2;/q-2;-1;;;;;+4/p-1. The first-order chi connectivity index (χ1) is 9.06. The predicted molar refractivity (Wildman–Crippen MR) is 61.5 cm³/mol. The summed E-state index contributed by atoms with van der Waals surface area (Å²) < 4.78 is 0. The summed E-state index contributed by atoms with van der Waals surface area (Å²) in [4.78, 5) is 34.0. The maximum Gasteiger partial charge on any atom is 4.00 e. The Morgan fingerprint density at radius 2 is 1.27 bits per heavy atom. The molecule has 0 heterocycles. The van der Waals surface area contributed by atoms with Gasteiger partial charge in [0.1, 0.15) is 0 Å². The van der Waals surface area contributed by atoms with Crippen LogP contribution in [0.25, 0.3) is 11.5 Å². The average Bonchev–Trinajstić information content (AvgIpc) is 2.29. The van der Waals surface area contributed by atoms with Crippen LogP contribution in [0, 0.1) is 30.3 Å². The van der Waals surface area contributed by atoms with Crippen molar-refractivity contribution in [1.29, 1.82) is 0 Å². The number of hydrogen-bond donors (Lipinski definition) is 5. The van der Waals surface area contributed by atoms with Gasteiger partial charge in [-0.2, -0.15) is 13.1 Å². The molecule has 0 spiro atoms. The molecule has 0 aliphatic carbocycles. The minimum Gasteiger partial charge on any atom is -0.870 e. The van der Waals surface area contributed by atoms with Crippen molar-refractivity contribution in [3.8, 4) is 0 Å². The molecule has 0 radical (unpaired) electrons. The van der Waals surface area contributed by atoms with E-state index >= 15 is 0 Å². The zero-order valence-electron chi connectivity index (χ0n) is 10.3. The van der Waals surface area contributed by atoms with E-state index < -0.39 is 16.2 Å². The van der Waals surface area contributed by atoms with Gasteiger partial charge in [0.05, 0.1) is 0 Å². The van der Waals surface area contributed by atoms with Crippen molar-refractivity contribution in [2.75, 3.05) is 13.1 Å². The number of rotatable bonds is 1. The first-order valence-electron chi connectivity index (χ1n) is 3.67. The van der Waals surface area contributed by atoms with Crippen molar-refractivity contribution in [3.63, 3.8) is 0 Å². The van der Waals surface area contributed by atoms with Crippen LogP contribution < -0.4 is 11.2 Å². The monoisotopic (exact) mass is 518 g/mol. The first-order valence-corrected chi connectivity index (χ1v) is 3.67. The molecule has 0 aromatic rings. The number of carbonyl (C=O) groups excluding carboxylic acids is 1. The van der Waals surface area contributed by atoms with Gasteiger partial charge in [-0.05, 0) is 0 Å². The molecule has 136 valence electrons. The Morgan fingerprint density at radius 1 is 1.18 bits per heavy atom. The summed E-state index contributed by atoms with van der Waals surface area (Å²) in [5, 5.41) is 44.1. The van der Waals surface area contributed by atoms with Crippen LogP contribution in [0.5, 0.6) is 0 Å². The van der Waals surface area contributed by atoms with Gasteiger partial charge in [-0.1, -0.05) is 0 Å². The van der Waals surface area contributed by atoms with E-state index in [-0.39, 0.29) is 39.6 Å². The number of nitrogens with one attached hydrogen (secondary N) is 3. The second kappa shape index (κ2) is 51.3. The van der Waals surface area contributed by atoms with E-state index in [9.17, 15) is 0 Å². The van der Waals surface area contributed by atoms with Gasteiger partial charge in [-0.3, -0.25) is 4.79 Å². The topological polar surface area (TPSA) is 332 Å². The summed E-state index contributed by atoms with van der Waals surface area (Å²) in [5.74, 6) is 0. The number of carbonyl (C=O) groups is 1. The van der Waals surface area contributed by atoms with Crippen LogP contribution >= 0.6 is 0 Å². The van der Waals surface area contributed by atoms with Gasteiger partial charge >= 0.3 is 27.1 Å². The molecule has 0 atom stereocenters. The summed E-state index contributed by atoms with van der Waals surface area (Å²) in [6.45, 7) is 0.472. The molecule has 0 saturated heterocycles. The van der Waals surface area contributed by atoms with E-state index in [1.54, 1.807) is 0 Å². The summed E-state index contributed by atoms with van der Waals surface area (Å²) in [6, 6.07) is -1.05. The summed E-state index contributed by atoms with van der Waals surface area (Å²) in [5.41, 5.74) is 17.7. The van der Waals surface area contributed by atoms with Crippen LogP contribution in [0.1, 0.15) is 0 Å². The molecule has 0 bridgehead atoms. The van der Waals surface area contributed by atoms with E-state index in [2.05, 4.69) is 5.73 Å². The third kappa shape index (κ3) is 13500. The molecule has 0 saturated carbocycles. The van der Waals surface area contributed by atoms with E-state index in [4.69, 9.17) is 62.2 Å². The molecule has 0 aromatic heterocycles. The summed E-state index contributed by atoms with van der Waals surface area (Å²) in [6.07, 6.45) is 0. The molecule has 22 heavy (non-hydrogen) atoms. The van der Waals surface area contributed by atoms with Crippen molar-refractivity contribution in [1.82, 2.24) is 5.48 Å². The quantitative estimate of drug-likeness (QED) is 0.167. The number of primary amides is 1. The van der Waals surface area contributed by atoms with Crippen molar-refractivity contribution < 1.29 is 57.1 Å². The van der Waals surface area contributed by atoms with Gasteiger partial charge in [0.15, 0.2) is 5.34 Å². The molecule has 0 rings (SSSR count). The smallest absolute Gasteiger partial charge is 0.870 e. The van der Waals surface area contributed by atoms with Crippen LogP contribution in [0.4, 0.5) is 4.79 Å². The van der Waals surface area contributed by atoms with Gasteiger partial charge in [0.25, 0.3) is 10.2 Å². The molecule has 18 nitrogen and oxygen atoms in total. The Kier molecular flexibility index (Phi) is 99.6. The fourth-order valence-corrected chi connectivity index (χ4v) is 0. The zero-order chi connectivity index (χ0) is 17.6.